The largest absolute Gasteiger partial charge is 0.324 e. The molecule has 0 radical (unpaired) electrons. The van der Waals surface area contributed by atoms with Crippen molar-refractivity contribution in [3.05, 3.63) is 34.9 Å². The van der Waals surface area contributed by atoms with Crippen LogP contribution < -0.4 is 5.73 Å². The monoisotopic (exact) mass is 211 g/mol. The molecule has 1 aliphatic carbocycles. The lowest BCUT2D eigenvalue weighted by Gasteiger charge is -2.13. The third-order valence-electron chi connectivity index (χ3n) is 3.27. The highest BCUT2D eigenvalue weighted by molar-refractivity contribution is 5.28. The first-order valence-electron chi connectivity index (χ1n) is 5.22. The van der Waals surface area contributed by atoms with Crippen molar-refractivity contribution in [2.45, 2.75) is 26.3 Å². The number of nitrogens with two attached hydrogens (primary N) is 1. The fraction of sp³-hybridized carbons (Fsp3) is 0.500. The zero-order chi connectivity index (χ0) is 11.2. The Morgan fingerprint density at radius 2 is 1.93 bits per heavy atom. The van der Waals surface area contributed by atoms with E-state index in [2.05, 4.69) is 6.92 Å². The van der Waals surface area contributed by atoms with Crippen molar-refractivity contribution in [1.29, 1.82) is 0 Å². The smallest absolute Gasteiger partial charge is 0.128 e. The molecule has 0 aromatic heterocycles. The van der Waals surface area contributed by atoms with E-state index >= 15 is 0 Å². The Balaban J connectivity index is 2.31. The van der Waals surface area contributed by atoms with Crippen molar-refractivity contribution in [2.24, 2.45) is 17.6 Å². The van der Waals surface area contributed by atoms with Gasteiger partial charge in [0.25, 0.3) is 0 Å². The summed E-state index contributed by atoms with van der Waals surface area (Å²) in [6, 6.07) is 2.09. The van der Waals surface area contributed by atoms with Gasteiger partial charge in [0.05, 0.1) is 0 Å². The van der Waals surface area contributed by atoms with Crippen molar-refractivity contribution < 1.29 is 8.78 Å². The van der Waals surface area contributed by atoms with Gasteiger partial charge in [-0.05, 0) is 42.9 Å². The lowest BCUT2D eigenvalue weighted by atomic mass is 10.00. The summed E-state index contributed by atoms with van der Waals surface area (Å²) in [5.41, 5.74) is 6.54. The van der Waals surface area contributed by atoms with Gasteiger partial charge in [0.2, 0.25) is 0 Å². The molecule has 0 bridgehead atoms. The molecule has 1 aromatic rings. The van der Waals surface area contributed by atoms with Crippen LogP contribution in [-0.4, -0.2) is 0 Å². The third-order valence-corrected chi connectivity index (χ3v) is 3.27. The number of benzene rings is 1. The van der Waals surface area contributed by atoms with Crippen molar-refractivity contribution in [2.75, 3.05) is 0 Å². The molecular formula is C12H15F2N. The minimum atomic E-state index is -0.388. The molecule has 2 N–H and O–H groups in total. The molecule has 82 valence electrons. The van der Waals surface area contributed by atoms with Crippen LogP contribution in [0.15, 0.2) is 12.1 Å². The average Bonchev–Trinajstić information content (AvgIpc) is 2.88. The molecule has 1 aromatic carbocycles. The van der Waals surface area contributed by atoms with E-state index in [1.807, 2.05) is 0 Å². The zero-order valence-electron chi connectivity index (χ0n) is 8.93. The quantitative estimate of drug-likeness (QED) is 0.799. The van der Waals surface area contributed by atoms with Gasteiger partial charge in [0, 0.05) is 11.6 Å². The van der Waals surface area contributed by atoms with E-state index in [-0.39, 0.29) is 17.7 Å². The molecule has 3 atom stereocenters. The van der Waals surface area contributed by atoms with Crippen LogP contribution in [0.2, 0.25) is 0 Å². The molecule has 3 heteroatoms. The molecule has 1 nitrogen and oxygen atoms in total. The number of hydrogen-bond donors (Lipinski definition) is 1. The minimum Gasteiger partial charge on any atom is -0.324 e. The number of aryl methyl sites for hydroxylation is 1. The van der Waals surface area contributed by atoms with Gasteiger partial charge in [-0.3, -0.25) is 0 Å². The molecule has 15 heavy (non-hydrogen) atoms. The molecular weight excluding hydrogens is 196 g/mol. The average molecular weight is 211 g/mol. The summed E-state index contributed by atoms with van der Waals surface area (Å²) in [5.74, 6) is 0.0704. The van der Waals surface area contributed by atoms with Crippen LogP contribution in [-0.2, 0) is 0 Å². The maximum absolute atomic E-state index is 13.5. The van der Waals surface area contributed by atoms with E-state index in [1.165, 1.54) is 12.1 Å². The van der Waals surface area contributed by atoms with Gasteiger partial charge in [0.1, 0.15) is 11.6 Å². The standard InChI is InChI=1S/C12H15F2N/c1-6-3-8(6)12(15)9-5-10(13)7(2)4-11(9)14/h4-6,8,12H,3,15H2,1-2H3. The lowest BCUT2D eigenvalue weighted by Crippen LogP contribution is -2.15. The van der Waals surface area contributed by atoms with Crippen LogP contribution in [0.3, 0.4) is 0 Å². The minimum absolute atomic E-state index is 0.307. The number of halogens is 2. The predicted octanol–water partition coefficient (Wildman–Crippen LogP) is 2.93. The molecule has 0 saturated heterocycles. The van der Waals surface area contributed by atoms with Crippen LogP contribution in [0, 0.1) is 30.4 Å². The van der Waals surface area contributed by atoms with E-state index < -0.39 is 0 Å². The Hall–Kier alpha value is -0.960. The van der Waals surface area contributed by atoms with Crippen molar-refractivity contribution in [3.63, 3.8) is 0 Å². The zero-order valence-corrected chi connectivity index (χ0v) is 8.93. The van der Waals surface area contributed by atoms with Crippen LogP contribution in [0.4, 0.5) is 8.78 Å². The Morgan fingerprint density at radius 1 is 1.33 bits per heavy atom. The van der Waals surface area contributed by atoms with Gasteiger partial charge >= 0.3 is 0 Å². The summed E-state index contributed by atoms with van der Waals surface area (Å²) in [5, 5.41) is 0. The normalized spacial score (nSPS) is 26.5. The fourth-order valence-electron chi connectivity index (χ4n) is 2.00. The van der Waals surface area contributed by atoms with Crippen LogP contribution in [0.5, 0.6) is 0 Å². The molecule has 1 aliphatic rings. The molecule has 0 spiro atoms. The number of rotatable bonds is 2. The first kappa shape index (κ1) is 10.6. The Bertz CT molecular complexity index is 389. The summed E-state index contributed by atoms with van der Waals surface area (Å²) < 4.78 is 26.8. The van der Waals surface area contributed by atoms with Crippen molar-refractivity contribution in [1.82, 2.24) is 0 Å². The van der Waals surface area contributed by atoms with E-state index in [1.54, 1.807) is 6.92 Å². The van der Waals surface area contributed by atoms with E-state index in [4.69, 9.17) is 5.73 Å². The van der Waals surface area contributed by atoms with Gasteiger partial charge in [-0.1, -0.05) is 6.92 Å². The van der Waals surface area contributed by atoms with Crippen LogP contribution >= 0.6 is 0 Å². The Morgan fingerprint density at radius 3 is 2.47 bits per heavy atom. The first-order chi connectivity index (χ1) is 7.00. The summed E-state index contributed by atoms with van der Waals surface area (Å²) in [6.45, 7) is 3.63. The summed E-state index contributed by atoms with van der Waals surface area (Å²) in [6.07, 6.45) is 1.01. The van der Waals surface area contributed by atoms with Gasteiger partial charge < -0.3 is 5.73 Å². The van der Waals surface area contributed by atoms with Gasteiger partial charge in [-0.25, -0.2) is 8.78 Å². The summed E-state index contributed by atoms with van der Waals surface area (Å²) in [7, 11) is 0. The Labute approximate surface area is 88.3 Å². The van der Waals surface area contributed by atoms with Gasteiger partial charge in [0.15, 0.2) is 0 Å². The second-order valence-electron chi connectivity index (χ2n) is 4.53. The molecule has 3 unspecified atom stereocenters. The molecule has 0 aliphatic heterocycles. The summed E-state index contributed by atoms with van der Waals surface area (Å²) >= 11 is 0. The van der Waals surface area contributed by atoms with E-state index in [0.717, 1.165) is 6.42 Å². The summed E-state index contributed by atoms with van der Waals surface area (Å²) in [4.78, 5) is 0. The SMILES string of the molecule is Cc1cc(F)c(C(N)C2CC2C)cc1F. The Kier molecular flexibility index (Phi) is 2.51. The van der Waals surface area contributed by atoms with Gasteiger partial charge in [-0.15, -0.1) is 0 Å². The highest BCUT2D eigenvalue weighted by atomic mass is 19.1. The van der Waals surface area contributed by atoms with Gasteiger partial charge in [-0.2, -0.15) is 0 Å². The molecule has 2 rings (SSSR count). The highest BCUT2D eigenvalue weighted by Crippen LogP contribution is 2.46. The van der Waals surface area contributed by atoms with Crippen LogP contribution in [0.1, 0.15) is 30.5 Å². The second-order valence-corrected chi connectivity index (χ2v) is 4.53. The molecule has 0 heterocycles. The molecule has 1 fully saturated rings. The third kappa shape index (κ3) is 1.88. The topological polar surface area (TPSA) is 26.0 Å². The first-order valence-corrected chi connectivity index (χ1v) is 5.22. The maximum Gasteiger partial charge on any atom is 0.128 e. The van der Waals surface area contributed by atoms with Crippen molar-refractivity contribution in [3.8, 4) is 0 Å². The molecule has 0 amide bonds. The maximum atomic E-state index is 13.5. The second kappa shape index (κ2) is 3.56. The van der Waals surface area contributed by atoms with Crippen LogP contribution in [0.25, 0.3) is 0 Å². The van der Waals surface area contributed by atoms with E-state index in [0.29, 0.717) is 23.0 Å². The highest BCUT2D eigenvalue weighted by Gasteiger charge is 2.39. The lowest BCUT2D eigenvalue weighted by molar-refractivity contribution is 0.523. The van der Waals surface area contributed by atoms with Crippen molar-refractivity contribution >= 4 is 0 Å². The van der Waals surface area contributed by atoms with E-state index in [9.17, 15) is 8.78 Å². The fourth-order valence-corrected chi connectivity index (χ4v) is 2.00. The number of hydrogen-bond acceptors (Lipinski definition) is 1. The molecule has 1 saturated carbocycles. The predicted molar refractivity (Wildman–Crippen MR) is 55.3 cm³/mol.